The van der Waals surface area contributed by atoms with E-state index in [1.165, 1.54) is 37.6 Å². The monoisotopic (exact) mass is 540 g/mol. The molecule has 0 unspecified atom stereocenters. The third-order valence-electron chi connectivity index (χ3n) is 4.87. The van der Waals surface area contributed by atoms with E-state index in [0.717, 1.165) is 4.68 Å². The first-order valence-electron chi connectivity index (χ1n) is 10.2. The lowest BCUT2D eigenvalue weighted by Crippen LogP contribution is -2.32. The average molecular weight is 541 g/mol. The maximum atomic E-state index is 13.0. The van der Waals surface area contributed by atoms with Crippen molar-refractivity contribution in [3.63, 3.8) is 0 Å². The number of nitrogens with zero attached hydrogens (tertiary/aromatic N) is 2. The molecule has 11 heteroatoms. The number of methoxy groups -OCH3 is 1. The first-order valence-corrected chi connectivity index (χ1v) is 11.0. The number of nitrogens with one attached hydrogen (secondary N) is 2. The van der Waals surface area contributed by atoms with Crippen LogP contribution < -0.4 is 26.0 Å². The number of H-pyrrole nitrogens is 1. The summed E-state index contributed by atoms with van der Waals surface area (Å²) in [5.74, 6) is -0.293. The number of aromatic nitrogens is 2. The lowest BCUT2D eigenvalue weighted by atomic mass is 10.2. The number of rotatable bonds is 7. The number of hydrogen-bond acceptors (Lipinski definition) is 6. The third kappa shape index (κ3) is 5.46. The van der Waals surface area contributed by atoms with Gasteiger partial charge in [-0.25, -0.2) is 9.18 Å². The van der Waals surface area contributed by atoms with Crippen LogP contribution in [-0.4, -0.2) is 35.5 Å². The Bertz CT molecular complexity index is 1550. The fourth-order valence-electron chi connectivity index (χ4n) is 3.17. The van der Waals surface area contributed by atoms with Gasteiger partial charge in [0.05, 0.1) is 24.2 Å². The normalized spacial score (nSPS) is 11.1. The summed E-state index contributed by atoms with van der Waals surface area (Å²) in [7, 11) is 1.42. The zero-order chi connectivity index (χ0) is 24.9. The summed E-state index contributed by atoms with van der Waals surface area (Å²) in [6.07, 6.45) is 1.32. The largest absolute Gasteiger partial charge is 0.493 e. The van der Waals surface area contributed by atoms with Gasteiger partial charge < -0.3 is 19.8 Å². The SMILES string of the molecule is COc1cc(C=Nn2c(=O)[nH]c3ccccc3c2=O)c(Br)cc1OCC(=O)Nc1ccc(F)cc1. The lowest BCUT2D eigenvalue weighted by Gasteiger charge is -2.13. The number of benzene rings is 3. The van der Waals surface area contributed by atoms with E-state index in [1.54, 1.807) is 36.4 Å². The van der Waals surface area contributed by atoms with Crippen LogP contribution in [0.4, 0.5) is 10.1 Å². The van der Waals surface area contributed by atoms with Gasteiger partial charge in [-0.2, -0.15) is 5.10 Å². The number of anilines is 1. The van der Waals surface area contributed by atoms with Gasteiger partial charge in [0.2, 0.25) is 0 Å². The van der Waals surface area contributed by atoms with Gasteiger partial charge in [0, 0.05) is 15.7 Å². The van der Waals surface area contributed by atoms with Crippen molar-refractivity contribution in [3.05, 3.63) is 97.4 Å². The van der Waals surface area contributed by atoms with Gasteiger partial charge >= 0.3 is 5.69 Å². The highest BCUT2D eigenvalue weighted by molar-refractivity contribution is 9.10. The minimum Gasteiger partial charge on any atom is -0.493 e. The number of para-hydroxylation sites is 1. The van der Waals surface area contributed by atoms with Gasteiger partial charge in [0.15, 0.2) is 18.1 Å². The summed E-state index contributed by atoms with van der Waals surface area (Å²) in [4.78, 5) is 39.7. The van der Waals surface area contributed by atoms with Gasteiger partial charge in [-0.1, -0.05) is 12.1 Å². The summed E-state index contributed by atoms with van der Waals surface area (Å²) >= 11 is 3.39. The standard InChI is InChI=1S/C24H18BrFN4O5/c1-34-20-10-14(12-27-30-23(32)17-4-2-3-5-19(17)29-24(30)33)18(25)11-21(20)35-13-22(31)28-16-8-6-15(26)7-9-16/h2-12H,13H2,1H3,(H,28,31)(H,29,33). The molecule has 1 heterocycles. The van der Waals surface area contributed by atoms with Crippen molar-refractivity contribution in [2.75, 3.05) is 19.0 Å². The molecule has 4 aromatic rings. The minimum atomic E-state index is -0.680. The van der Waals surface area contributed by atoms with E-state index in [2.05, 4.69) is 31.3 Å². The predicted molar refractivity (Wildman–Crippen MR) is 133 cm³/mol. The van der Waals surface area contributed by atoms with Crippen LogP contribution in [0.5, 0.6) is 11.5 Å². The van der Waals surface area contributed by atoms with Crippen LogP contribution in [0.2, 0.25) is 0 Å². The van der Waals surface area contributed by atoms with Crippen LogP contribution >= 0.6 is 15.9 Å². The van der Waals surface area contributed by atoms with E-state index in [4.69, 9.17) is 9.47 Å². The number of halogens is 2. The molecule has 0 spiro atoms. The van der Waals surface area contributed by atoms with Crippen molar-refractivity contribution in [3.8, 4) is 11.5 Å². The molecule has 0 aliphatic heterocycles. The molecule has 3 aromatic carbocycles. The molecule has 0 bridgehead atoms. The van der Waals surface area contributed by atoms with Gasteiger partial charge in [0.1, 0.15) is 5.82 Å². The van der Waals surface area contributed by atoms with Crippen molar-refractivity contribution in [2.45, 2.75) is 0 Å². The maximum absolute atomic E-state index is 13.0. The van der Waals surface area contributed by atoms with E-state index >= 15 is 0 Å². The molecule has 178 valence electrons. The number of carbonyl (C=O) groups is 1. The second-order valence-electron chi connectivity index (χ2n) is 7.21. The van der Waals surface area contributed by atoms with Crippen LogP contribution in [0.3, 0.4) is 0 Å². The van der Waals surface area contributed by atoms with Crippen molar-refractivity contribution in [2.24, 2.45) is 5.10 Å². The zero-order valence-corrected chi connectivity index (χ0v) is 19.8. The van der Waals surface area contributed by atoms with Gasteiger partial charge in [0.25, 0.3) is 11.5 Å². The quantitative estimate of drug-likeness (QED) is 0.348. The van der Waals surface area contributed by atoms with E-state index in [-0.39, 0.29) is 12.4 Å². The van der Waals surface area contributed by atoms with Gasteiger partial charge in [-0.05, 0) is 64.5 Å². The highest BCUT2D eigenvalue weighted by Crippen LogP contribution is 2.33. The Labute approximate surface area is 205 Å². The second-order valence-corrected chi connectivity index (χ2v) is 8.06. The smallest absolute Gasteiger partial charge is 0.349 e. The van der Waals surface area contributed by atoms with Crippen LogP contribution in [-0.2, 0) is 4.79 Å². The summed E-state index contributed by atoms with van der Waals surface area (Å²) in [5, 5.41) is 6.96. The third-order valence-corrected chi connectivity index (χ3v) is 5.55. The van der Waals surface area contributed by atoms with Crippen LogP contribution in [0.25, 0.3) is 10.9 Å². The van der Waals surface area contributed by atoms with Crippen LogP contribution in [0.1, 0.15) is 5.56 Å². The van der Waals surface area contributed by atoms with Gasteiger partial charge in [-0.3, -0.25) is 9.59 Å². The highest BCUT2D eigenvalue weighted by Gasteiger charge is 2.13. The molecule has 4 rings (SSSR count). The molecule has 1 amide bonds. The Kier molecular flexibility index (Phi) is 7.06. The Morgan fingerprint density at radius 3 is 2.63 bits per heavy atom. The summed E-state index contributed by atoms with van der Waals surface area (Å²) in [6.45, 7) is -0.324. The molecular formula is C24H18BrFN4O5. The van der Waals surface area contributed by atoms with E-state index in [0.29, 0.717) is 32.4 Å². The molecule has 0 fully saturated rings. The van der Waals surface area contributed by atoms with Crippen molar-refractivity contribution >= 4 is 44.6 Å². The molecule has 0 aliphatic rings. The molecule has 2 N–H and O–H groups in total. The van der Waals surface area contributed by atoms with E-state index < -0.39 is 23.0 Å². The number of carbonyl (C=O) groups excluding carboxylic acids is 1. The Balaban J connectivity index is 1.53. The molecule has 0 radical (unpaired) electrons. The van der Waals surface area contributed by atoms with Crippen molar-refractivity contribution < 1.29 is 18.7 Å². The average Bonchev–Trinajstić information content (AvgIpc) is 2.85. The summed E-state index contributed by atoms with van der Waals surface area (Å²) in [6, 6.07) is 15.1. The molecule has 0 saturated heterocycles. The molecule has 0 atom stereocenters. The molecule has 9 nitrogen and oxygen atoms in total. The molecule has 35 heavy (non-hydrogen) atoms. The topological polar surface area (TPSA) is 115 Å². The number of fused-ring (bicyclic) bond motifs is 1. The predicted octanol–water partition coefficient (Wildman–Crippen LogP) is 3.50. The molecule has 0 saturated carbocycles. The minimum absolute atomic E-state index is 0.270. The molecular weight excluding hydrogens is 523 g/mol. The maximum Gasteiger partial charge on any atom is 0.349 e. The first kappa shape index (κ1) is 23.9. The number of hydrogen-bond donors (Lipinski definition) is 2. The van der Waals surface area contributed by atoms with Crippen molar-refractivity contribution in [1.82, 2.24) is 9.66 Å². The number of amides is 1. The second kappa shape index (κ2) is 10.3. The van der Waals surface area contributed by atoms with Crippen molar-refractivity contribution in [1.29, 1.82) is 0 Å². The summed E-state index contributed by atoms with van der Waals surface area (Å²) in [5.41, 5.74) is 0.0979. The Hall–Kier alpha value is -4.25. The Morgan fingerprint density at radius 1 is 1.14 bits per heavy atom. The first-order chi connectivity index (χ1) is 16.9. The fourth-order valence-corrected chi connectivity index (χ4v) is 3.60. The molecule has 1 aromatic heterocycles. The highest BCUT2D eigenvalue weighted by atomic mass is 79.9. The van der Waals surface area contributed by atoms with E-state index in [9.17, 15) is 18.8 Å². The van der Waals surface area contributed by atoms with Crippen LogP contribution in [0, 0.1) is 5.82 Å². The summed E-state index contributed by atoms with van der Waals surface area (Å²) < 4.78 is 25.2. The lowest BCUT2D eigenvalue weighted by molar-refractivity contribution is -0.118. The zero-order valence-electron chi connectivity index (χ0n) is 18.2. The number of ether oxygens (including phenoxy) is 2. The van der Waals surface area contributed by atoms with Gasteiger partial charge in [-0.15, -0.1) is 4.68 Å². The van der Waals surface area contributed by atoms with Crippen LogP contribution in [0.15, 0.2) is 79.8 Å². The Morgan fingerprint density at radius 2 is 1.89 bits per heavy atom. The fraction of sp³-hybridized carbons (Fsp3) is 0.0833. The number of aromatic amines is 1. The molecule has 0 aliphatic carbocycles. The van der Waals surface area contributed by atoms with E-state index in [1.807, 2.05) is 0 Å².